The Morgan fingerprint density at radius 2 is 2.04 bits per heavy atom. The molecule has 3 rings (SSSR count). The van der Waals surface area contributed by atoms with E-state index in [1.807, 2.05) is 0 Å². The maximum atomic E-state index is 12.9. The van der Waals surface area contributed by atoms with Crippen molar-refractivity contribution in [2.45, 2.75) is 25.4 Å². The van der Waals surface area contributed by atoms with Crippen molar-refractivity contribution < 1.29 is 27.5 Å². The normalized spacial score (nSPS) is 16.6. The first-order valence-electron chi connectivity index (χ1n) is 7.95. The van der Waals surface area contributed by atoms with Crippen LogP contribution in [0.25, 0.3) is 17.6 Å². The first-order valence-corrected chi connectivity index (χ1v) is 7.95. The third kappa shape index (κ3) is 4.33. The predicted octanol–water partition coefficient (Wildman–Crippen LogP) is 2.50. The van der Waals surface area contributed by atoms with Gasteiger partial charge in [-0.2, -0.15) is 13.2 Å². The van der Waals surface area contributed by atoms with Gasteiger partial charge in [-0.25, -0.2) is 14.1 Å². The first-order chi connectivity index (χ1) is 12.6. The van der Waals surface area contributed by atoms with Crippen LogP contribution in [-0.2, 0) is 17.6 Å². The van der Waals surface area contributed by atoms with E-state index in [2.05, 4.69) is 10.1 Å². The van der Waals surface area contributed by atoms with Crippen molar-refractivity contribution in [1.82, 2.24) is 19.7 Å². The summed E-state index contributed by atoms with van der Waals surface area (Å²) in [6, 6.07) is 2.82. The fourth-order valence-electron chi connectivity index (χ4n) is 2.72. The fourth-order valence-corrected chi connectivity index (χ4v) is 2.72. The minimum Gasteiger partial charge on any atom is -0.386 e. The summed E-state index contributed by atoms with van der Waals surface area (Å²) in [5.74, 6) is -0.364. The third-order valence-electron chi connectivity index (χ3n) is 3.99. The second-order valence-electron chi connectivity index (χ2n) is 6.61. The monoisotopic (exact) mass is 384 g/mol. The summed E-state index contributed by atoms with van der Waals surface area (Å²) in [4.78, 5) is 17.2. The molecular formula is C17H16F4N4O2. The number of alkyl halides is 4. The SMILES string of the molecule is CC1(O)CN(C(=O)/C=C\n2cnc(-c3cc(CF)cc(C(F)(F)F)c3)n2)C1. The van der Waals surface area contributed by atoms with Gasteiger partial charge in [-0.15, -0.1) is 5.10 Å². The lowest BCUT2D eigenvalue weighted by molar-refractivity contribution is -0.146. The van der Waals surface area contributed by atoms with Gasteiger partial charge in [0, 0.05) is 17.8 Å². The summed E-state index contributed by atoms with van der Waals surface area (Å²) >= 11 is 0. The molecule has 0 saturated carbocycles. The number of amides is 1. The van der Waals surface area contributed by atoms with Crippen molar-refractivity contribution in [3.63, 3.8) is 0 Å². The molecular weight excluding hydrogens is 368 g/mol. The Balaban J connectivity index is 1.78. The van der Waals surface area contributed by atoms with Crippen LogP contribution in [0.4, 0.5) is 17.6 Å². The summed E-state index contributed by atoms with van der Waals surface area (Å²) in [5, 5.41) is 13.6. The topological polar surface area (TPSA) is 71.2 Å². The number of benzene rings is 1. The van der Waals surface area contributed by atoms with Crippen molar-refractivity contribution in [2.75, 3.05) is 13.1 Å². The molecule has 1 saturated heterocycles. The Kier molecular flexibility index (Phi) is 4.77. The van der Waals surface area contributed by atoms with Crippen molar-refractivity contribution in [2.24, 2.45) is 0 Å². The van der Waals surface area contributed by atoms with Crippen LogP contribution in [0.15, 0.2) is 30.6 Å². The number of rotatable bonds is 4. The number of halogens is 4. The Labute approximate surface area is 151 Å². The van der Waals surface area contributed by atoms with Gasteiger partial charge in [-0.1, -0.05) is 0 Å². The highest BCUT2D eigenvalue weighted by Gasteiger charge is 2.38. The third-order valence-corrected chi connectivity index (χ3v) is 3.99. The van der Waals surface area contributed by atoms with Gasteiger partial charge in [0.05, 0.1) is 24.3 Å². The molecule has 1 N–H and O–H groups in total. The van der Waals surface area contributed by atoms with Gasteiger partial charge in [0.1, 0.15) is 13.0 Å². The molecule has 1 fully saturated rings. The molecule has 1 amide bonds. The molecule has 10 heteroatoms. The van der Waals surface area contributed by atoms with Gasteiger partial charge < -0.3 is 10.0 Å². The van der Waals surface area contributed by atoms with Crippen LogP contribution in [0.1, 0.15) is 18.1 Å². The molecule has 1 aromatic heterocycles. The maximum absolute atomic E-state index is 12.9. The average molecular weight is 384 g/mol. The molecule has 0 unspecified atom stereocenters. The van der Waals surface area contributed by atoms with Gasteiger partial charge >= 0.3 is 6.18 Å². The van der Waals surface area contributed by atoms with E-state index in [-0.39, 0.29) is 35.9 Å². The number of aliphatic hydroxyl groups is 1. The van der Waals surface area contributed by atoms with Crippen molar-refractivity contribution in [3.8, 4) is 11.4 Å². The quantitative estimate of drug-likeness (QED) is 0.650. The van der Waals surface area contributed by atoms with Crippen molar-refractivity contribution >= 4 is 12.1 Å². The molecule has 1 aliphatic heterocycles. The number of hydrogen-bond donors (Lipinski definition) is 1. The summed E-state index contributed by atoms with van der Waals surface area (Å²) in [6.07, 6.45) is -0.879. The molecule has 0 radical (unpaired) electrons. The van der Waals surface area contributed by atoms with Crippen LogP contribution in [-0.4, -0.2) is 49.4 Å². The highest BCUT2D eigenvalue weighted by atomic mass is 19.4. The lowest BCUT2D eigenvalue weighted by Gasteiger charge is -2.43. The number of carbonyl (C=O) groups is 1. The molecule has 0 atom stereocenters. The zero-order valence-electron chi connectivity index (χ0n) is 14.2. The van der Waals surface area contributed by atoms with Gasteiger partial charge in [0.25, 0.3) is 0 Å². The molecule has 27 heavy (non-hydrogen) atoms. The number of likely N-dealkylation sites (tertiary alicyclic amines) is 1. The highest BCUT2D eigenvalue weighted by molar-refractivity contribution is 5.90. The minimum absolute atomic E-state index is 0.0229. The van der Waals surface area contributed by atoms with E-state index >= 15 is 0 Å². The van der Waals surface area contributed by atoms with E-state index in [0.717, 1.165) is 12.1 Å². The number of hydrogen-bond acceptors (Lipinski definition) is 4. The van der Waals surface area contributed by atoms with Crippen LogP contribution in [0, 0.1) is 0 Å². The largest absolute Gasteiger partial charge is 0.416 e. The van der Waals surface area contributed by atoms with E-state index in [0.29, 0.717) is 0 Å². The fraction of sp³-hybridized carbons (Fsp3) is 0.353. The molecule has 0 aliphatic carbocycles. The second kappa shape index (κ2) is 6.76. The molecule has 0 bridgehead atoms. The van der Waals surface area contributed by atoms with Crippen LogP contribution in [0.3, 0.4) is 0 Å². The van der Waals surface area contributed by atoms with E-state index in [9.17, 15) is 27.5 Å². The van der Waals surface area contributed by atoms with Crippen LogP contribution in [0.5, 0.6) is 0 Å². The van der Waals surface area contributed by atoms with E-state index in [4.69, 9.17) is 0 Å². The molecule has 2 heterocycles. The summed E-state index contributed by atoms with van der Waals surface area (Å²) < 4.78 is 52.9. The van der Waals surface area contributed by atoms with E-state index in [1.54, 1.807) is 6.92 Å². The maximum Gasteiger partial charge on any atom is 0.416 e. The summed E-state index contributed by atoms with van der Waals surface area (Å²) in [5.41, 5.74) is -1.98. The van der Waals surface area contributed by atoms with Crippen molar-refractivity contribution in [3.05, 3.63) is 41.7 Å². The Morgan fingerprint density at radius 1 is 1.33 bits per heavy atom. The van der Waals surface area contributed by atoms with Gasteiger partial charge in [0.2, 0.25) is 5.91 Å². The summed E-state index contributed by atoms with van der Waals surface area (Å²) in [6.45, 7) is 1.00. The number of β-amino-alcohol motifs (C(OH)–C–C–N with tert-alkyl or cyclic N) is 1. The zero-order valence-corrected chi connectivity index (χ0v) is 14.2. The standard InChI is InChI=1S/C17H16F4N4O2/c1-16(27)8-24(9-16)14(26)2-3-25-10-22-15(23-25)12-4-11(7-18)5-13(6-12)17(19,20)21/h2-6,10,27H,7-9H2,1H3/b3-2-. The van der Waals surface area contributed by atoms with Crippen LogP contribution < -0.4 is 0 Å². The van der Waals surface area contributed by atoms with E-state index < -0.39 is 24.0 Å². The summed E-state index contributed by atoms with van der Waals surface area (Å²) in [7, 11) is 0. The van der Waals surface area contributed by atoms with Gasteiger partial charge in [-0.05, 0) is 30.7 Å². The highest BCUT2D eigenvalue weighted by Crippen LogP contribution is 2.33. The lowest BCUT2D eigenvalue weighted by Crippen LogP contribution is -2.61. The molecule has 1 aliphatic rings. The average Bonchev–Trinajstić information content (AvgIpc) is 3.05. The van der Waals surface area contributed by atoms with Crippen molar-refractivity contribution in [1.29, 1.82) is 0 Å². The van der Waals surface area contributed by atoms with Crippen LogP contribution >= 0.6 is 0 Å². The molecule has 144 valence electrons. The minimum atomic E-state index is -4.62. The Bertz CT molecular complexity index is 881. The van der Waals surface area contributed by atoms with Crippen LogP contribution in [0.2, 0.25) is 0 Å². The predicted molar refractivity (Wildman–Crippen MR) is 87.8 cm³/mol. The smallest absolute Gasteiger partial charge is 0.386 e. The molecule has 2 aromatic rings. The lowest BCUT2D eigenvalue weighted by atomic mass is 9.97. The first kappa shape index (κ1) is 19.0. The molecule has 0 spiro atoms. The van der Waals surface area contributed by atoms with Gasteiger partial charge in [0.15, 0.2) is 5.82 Å². The molecule has 1 aromatic carbocycles. The number of carbonyl (C=O) groups excluding carboxylic acids is 1. The van der Waals surface area contributed by atoms with E-state index in [1.165, 1.54) is 34.3 Å². The number of nitrogens with zero attached hydrogens (tertiary/aromatic N) is 4. The zero-order chi connectivity index (χ0) is 19.8. The Hall–Kier alpha value is -2.75. The second-order valence-corrected chi connectivity index (χ2v) is 6.61. The van der Waals surface area contributed by atoms with Gasteiger partial charge in [-0.3, -0.25) is 4.79 Å². The Morgan fingerprint density at radius 3 is 2.63 bits per heavy atom. The number of aromatic nitrogens is 3. The molecule has 6 nitrogen and oxygen atoms in total.